The van der Waals surface area contributed by atoms with Gasteiger partial charge in [-0.05, 0) is 41.5 Å². The van der Waals surface area contributed by atoms with Gasteiger partial charge in [-0.3, -0.25) is 24.3 Å². The van der Waals surface area contributed by atoms with Crippen molar-refractivity contribution >= 4 is 11.6 Å². The monoisotopic (exact) mass is 362 g/mol. The molecule has 0 fully saturated rings. The van der Waals surface area contributed by atoms with Gasteiger partial charge in [-0.25, -0.2) is 0 Å². The standard InChI is InChI=1S/C17H26N6O3/c1-8-21-12(4)15(10(2)18-21)9-20(7)17(24)14(6)22-13(5)16(23(25)26)11(3)19-22/h14H,8-9H2,1-7H3. The lowest BCUT2D eigenvalue weighted by molar-refractivity contribution is -0.386. The van der Waals surface area contributed by atoms with E-state index in [4.69, 9.17) is 0 Å². The Morgan fingerprint density at radius 2 is 1.81 bits per heavy atom. The van der Waals surface area contributed by atoms with Crippen molar-refractivity contribution in [3.63, 3.8) is 0 Å². The fourth-order valence-electron chi connectivity index (χ4n) is 3.30. The number of likely N-dealkylation sites (N-methyl/N-ethyl adjacent to an activating group) is 1. The predicted molar refractivity (Wildman–Crippen MR) is 96.9 cm³/mol. The van der Waals surface area contributed by atoms with Crippen LogP contribution in [0.2, 0.25) is 0 Å². The Morgan fingerprint density at radius 3 is 2.27 bits per heavy atom. The lowest BCUT2D eigenvalue weighted by Crippen LogP contribution is -2.33. The van der Waals surface area contributed by atoms with E-state index in [-0.39, 0.29) is 11.6 Å². The lowest BCUT2D eigenvalue weighted by Gasteiger charge is -2.22. The number of carbonyl (C=O) groups excluding carboxylic acids is 1. The van der Waals surface area contributed by atoms with Crippen LogP contribution in [0.5, 0.6) is 0 Å². The molecule has 0 aliphatic heterocycles. The molecule has 9 heteroatoms. The van der Waals surface area contributed by atoms with Crippen molar-refractivity contribution in [1.82, 2.24) is 24.5 Å². The molecule has 0 saturated carbocycles. The molecular formula is C17H26N6O3. The van der Waals surface area contributed by atoms with E-state index in [1.54, 1.807) is 32.7 Å². The molecule has 0 aliphatic rings. The van der Waals surface area contributed by atoms with Crippen molar-refractivity contribution < 1.29 is 9.72 Å². The molecule has 2 heterocycles. The van der Waals surface area contributed by atoms with Crippen molar-refractivity contribution in [3.05, 3.63) is 38.5 Å². The van der Waals surface area contributed by atoms with E-state index in [1.165, 1.54) is 4.68 Å². The Hall–Kier alpha value is -2.71. The molecule has 0 bridgehead atoms. The second-order valence-electron chi connectivity index (χ2n) is 6.56. The van der Waals surface area contributed by atoms with Gasteiger partial charge in [-0.1, -0.05) is 0 Å². The first kappa shape index (κ1) is 19.6. The maximum atomic E-state index is 12.9. The molecule has 1 atom stereocenters. The van der Waals surface area contributed by atoms with Crippen molar-refractivity contribution in [2.24, 2.45) is 0 Å². The molecule has 142 valence electrons. The smallest absolute Gasteiger partial charge is 0.312 e. The van der Waals surface area contributed by atoms with Crippen LogP contribution in [0.1, 0.15) is 48.2 Å². The van der Waals surface area contributed by atoms with Crippen LogP contribution < -0.4 is 0 Å². The highest BCUT2D eigenvalue weighted by molar-refractivity contribution is 5.80. The van der Waals surface area contributed by atoms with Gasteiger partial charge >= 0.3 is 5.69 Å². The van der Waals surface area contributed by atoms with Gasteiger partial charge in [0, 0.05) is 31.4 Å². The summed E-state index contributed by atoms with van der Waals surface area (Å²) in [6.45, 7) is 12.0. The first-order valence-electron chi connectivity index (χ1n) is 8.58. The Kier molecular flexibility index (Phi) is 5.48. The van der Waals surface area contributed by atoms with E-state index >= 15 is 0 Å². The molecule has 0 spiro atoms. The second kappa shape index (κ2) is 7.27. The van der Waals surface area contributed by atoms with Gasteiger partial charge in [0.25, 0.3) is 0 Å². The first-order chi connectivity index (χ1) is 12.1. The Bertz CT molecular complexity index is 851. The lowest BCUT2D eigenvalue weighted by atomic mass is 10.1. The van der Waals surface area contributed by atoms with Gasteiger partial charge in [-0.2, -0.15) is 10.2 Å². The van der Waals surface area contributed by atoms with Crippen LogP contribution in [0.15, 0.2) is 0 Å². The fraction of sp³-hybridized carbons (Fsp3) is 0.588. The Labute approximate surface area is 152 Å². The molecule has 0 saturated heterocycles. The molecule has 2 rings (SSSR count). The van der Waals surface area contributed by atoms with E-state index in [0.29, 0.717) is 17.9 Å². The summed E-state index contributed by atoms with van der Waals surface area (Å²) in [6, 6.07) is -0.630. The van der Waals surface area contributed by atoms with Gasteiger partial charge < -0.3 is 4.90 Å². The van der Waals surface area contributed by atoms with E-state index in [9.17, 15) is 14.9 Å². The minimum atomic E-state index is -0.630. The largest absolute Gasteiger partial charge is 0.339 e. The molecule has 1 amide bonds. The fourth-order valence-corrected chi connectivity index (χ4v) is 3.30. The normalized spacial score (nSPS) is 12.3. The molecule has 26 heavy (non-hydrogen) atoms. The number of rotatable bonds is 6. The summed E-state index contributed by atoms with van der Waals surface area (Å²) in [5, 5.41) is 19.9. The topological polar surface area (TPSA) is 99.1 Å². The second-order valence-corrected chi connectivity index (χ2v) is 6.56. The average Bonchev–Trinajstić information content (AvgIpc) is 3.02. The number of aryl methyl sites for hydroxylation is 3. The maximum absolute atomic E-state index is 12.9. The van der Waals surface area contributed by atoms with Gasteiger partial charge in [0.15, 0.2) is 0 Å². The third kappa shape index (κ3) is 3.33. The molecule has 2 aromatic heterocycles. The molecule has 0 N–H and O–H groups in total. The van der Waals surface area contributed by atoms with Crippen LogP contribution >= 0.6 is 0 Å². The summed E-state index contributed by atoms with van der Waals surface area (Å²) in [5.74, 6) is -0.159. The summed E-state index contributed by atoms with van der Waals surface area (Å²) in [6.07, 6.45) is 0. The highest BCUT2D eigenvalue weighted by Crippen LogP contribution is 2.25. The summed E-state index contributed by atoms with van der Waals surface area (Å²) in [7, 11) is 1.72. The molecule has 1 unspecified atom stereocenters. The van der Waals surface area contributed by atoms with Crippen LogP contribution in [0, 0.1) is 37.8 Å². The highest BCUT2D eigenvalue weighted by atomic mass is 16.6. The average molecular weight is 362 g/mol. The van der Waals surface area contributed by atoms with E-state index < -0.39 is 11.0 Å². The van der Waals surface area contributed by atoms with E-state index in [0.717, 1.165) is 23.5 Å². The number of nitrogens with zero attached hydrogens (tertiary/aromatic N) is 6. The van der Waals surface area contributed by atoms with Gasteiger partial charge in [0.2, 0.25) is 5.91 Å². The van der Waals surface area contributed by atoms with Crippen LogP contribution in [-0.2, 0) is 17.9 Å². The molecule has 0 aliphatic carbocycles. The molecule has 9 nitrogen and oxygen atoms in total. The SMILES string of the molecule is CCn1nc(C)c(CN(C)C(=O)C(C)n2nc(C)c([N+](=O)[O-])c2C)c1C. The molecular weight excluding hydrogens is 336 g/mol. The number of aromatic nitrogens is 4. The number of amides is 1. The maximum Gasteiger partial charge on any atom is 0.312 e. The van der Waals surface area contributed by atoms with Crippen molar-refractivity contribution in [2.75, 3.05) is 7.05 Å². The summed E-state index contributed by atoms with van der Waals surface area (Å²) in [4.78, 5) is 25.2. The van der Waals surface area contributed by atoms with Crippen LogP contribution in [0.25, 0.3) is 0 Å². The van der Waals surface area contributed by atoms with Gasteiger partial charge in [-0.15, -0.1) is 0 Å². The Balaban J connectivity index is 2.25. The van der Waals surface area contributed by atoms with Gasteiger partial charge in [0.1, 0.15) is 17.4 Å². The third-order valence-electron chi connectivity index (χ3n) is 4.80. The molecule has 2 aromatic rings. The van der Waals surface area contributed by atoms with Crippen LogP contribution in [-0.4, -0.2) is 42.3 Å². The minimum absolute atomic E-state index is 0.0387. The van der Waals surface area contributed by atoms with Crippen LogP contribution in [0.3, 0.4) is 0 Å². The number of hydrogen-bond acceptors (Lipinski definition) is 5. The molecule has 0 aromatic carbocycles. The zero-order valence-electron chi connectivity index (χ0n) is 16.4. The first-order valence-corrected chi connectivity index (χ1v) is 8.58. The number of nitro groups is 1. The van der Waals surface area contributed by atoms with E-state index in [1.807, 2.05) is 25.5 Å². The van der Waals surface area contributed by atoms with E-state index in [2.05, 4.69) is 10.2 Å². The van der Waals surface area contributed by atoms with Crippen LogP contribution in [0.4, 0.5) is 5.69 Å². The van der Waals surface area contributed by atoms with Crippen molar-refractivity contribution in [3.8, 4) is 0 Å². The third-order valence-corrected chi connectivity index (χ3v) is 4.80. The Morgan fingerprint density at radius 1 is 1.19 bits per heavy atom. The number of carbonyl (C=O) groups is 1. The minimum Gasteiger partial charge on any atom is -0.339 e. The quantitative estimate of drug-likeness (QED) is 0.580. The number of hydrogen-bond donors (Lipinski definition) is 0. The van der Waals surface area contributed by atoms with Gasteiger partial charge in [0.05, 0.1) is 10.6 Å². The summed E-state index contributed by atoms with van der Waals surface area (Å²) in [5.41, 5.74) is 3.62. The highest BCUT2D eigenvalue weighted by Gasteiger charge is 2.29. The van der Waals surface area contributed by atoms with Crippen molar-refractivity contribution in [2.45, 2.75) is 60.7 Å². The summed E-state index contributed by atoms with van der Waals surface area (Å²) < 4.78 is 3.35. The zero-order chi connectivity index (χ0) is 19.8. The molecule has 0 radical (unpaired) electrons. The predicted octanol–water partition coefficient (Wildman–Crippen LogP) is 2.46. The summed E-state index contributed by atoms with van der Waals surface area (Å²) >= 11 is 0. The van der Waals surface area contributed by atoms with Crippen molar-refractivity contribution in [1.29, 1.82) is 0 Å². The zero-order valence-corrected chi connectivity index (χ0v) is 16.4.